The molecule has 182 valence electrons. The van der Waals surface area contributed by atoms with Gasteiger partial charge in [0.05, 0.1) is 30.6 Å². The molecule has 1 aliphatic heterocycles. The van der Waals surface area contributed by atoms with Crippen LogP contribution in [-0.4, -0.2) is 61.5 Å². The van der Waals surface area contributed by atoms with Crippen molar-refractivity contribution < 1.29 is 14.3 Å². The number of nitrogens with zero attached hydrogens (tertiary/aromatic N) is 3. The van der Waals surface area contributed by atoms with E-state index >= 15 is 0 Å². The van der Waals surface area contributed by atoms with Crippen LogP contribution in [0.5, 0.6) is 5.75 Å². The van der Waals surface area contributed by atoms with Crippen molar-refractivity contribution in [2.75, 3.05) is 55.4 Å². The van der Waals surface area contributed by atoms with Crippen LogP contribution < -0.4 is 20.3 Å². The van der Waals surface area contributed by atoms with Gasteiger partial charge in [0.25, 0.3) is 5.91 Å². The van der Waals surface area contributed by atoms with E-state index in [1.54, 1.807) is 42.6 Å². The van der Waals surface area contributed by atoms with Crippen LogP contribution in [0.25, 0.3) is 0 Å². The molecular weight excluding hydrogens is 466 g/mol. The lowest BCUT2D eigenvalue weighted by Gasteiger charge is -2.34. The predicted molar refractivity (Wildman–Crippen MR) is 139 cm³/mol. The molecule has 3 aromatic rings. The Hall–Kier alpha value is -3.62. The number of anilines is 3. The highest BCUT2D eigenvalue weighted by Crippen LogP contribution is 2.31. The Morgan fingerprint density at radius 1 is 1.00 bits per heavy atom. The zero-order valence-electron chi connectivity index (χ0n) is 19.8. The number of methoxy groups -OCH3 is 1. The van der Waals surface area contributed by atoms with Gasteiger partial charge in [0.1, 0.15) is 11.6 Å². The maximum atomic E-state index is 13.1. The standard InChI is InChI=1S/C26H28ClN5O3/c1-18-15-22(23(35-2)16-20(18)27)30-26(34)19-7-3-4-8-21(19)29-25(33)17-31-11-13-32(14-12-31)24-9-5-6-10-28-24/h3-10,15-16H,11-14,17H2,1-2H3,(H,29,33)(H,30,34). The van der Waals surface area contributed by atoms with E-state index in [2.05, 4.69) is 25.4 Å². The second kappa shape index (κ2) is 11.2. The normalized spacial score (nSPS) is 13.9. The van der Waals surface area contributed by atoms with Crippen molar-refractivity contribution in [3.63, 3.8) is 0 Å². The third-order valence-electron chi connectivity index (χ3n) is 5.89. The molecule has 4 rings (SSSR count). The number of aromatic nitrogens is 1. The molecule has 0 unspecified atom stereocenters. The molecule has 0 aliphatic carbocycles. The number of carbonyl (C=O) groups is 2. The number of piperazine rings is 1. The van der Waals surface area contributed by atoms with Crippen LogP contribution in [0.2, 0.25) is 5.02 Å². The number of nitrogens with one attached hydrogen (secondary N) is 2. The molecule has 0 bridgehead atoms. The Kier molecular flexibility index (Phi) is 7.84. The third kappa shape index (κ3) is 6.09. The number of hydrogen-bond acceptors (Lipinski definition) is 6. The summed E-state index contributed by atoms with van der Waals surface area (Å²) in [5.41, 5.74) is 2.13. The molecule has 1 aromatic heterocycles. The fourth-order valence-electron chi connectivity index (χ4n) is 3.98. The van der Waals surface area contributed by atoms with E-state index in [-0.39, 0.29) is 18.4 Å². The van der Waals surface area contributed by atoms with Crippen molar-refractivity contribution in [3.05, 3.63) is 76.9 Å². The summed E-state index contributed by atoms with van der Waals surface area (Å²) in [7, 11) is 1.51. The zero-order valence-corrected chi connectivity index (χ0v) is 20.5. The molecule has 1 aliphatic rings. The molecule has 0 radical (unpaired) electrons. The molecule has 0 saturated carbocycles. The SMILES string of the molecule is COc1cc(Cl)c(C)cc1NC(=O)c1ccccc1NC(=O)CN1CCN(c2ccccn2)CC1. The van der Waals surface area contributed by atoms with Gasteiger partial charge < -0.3 is 20.3 Å². The van der Waals surface area contributed by atoms with Crippen molar-refractivity contribution in [3.8, 4) is 5.75 Å². The van der Waals surface area contributed by atoms with Crippen LogP contribution in [0, 0.1) is 6.92 Å². The van der Waals surface area contributed by atoms with Gasteiger partial charge in [-0.15, -0.1) is 0 Å². The number of hydrogen-bond donors (Lipinski definition) is 2. The number of ether oxygens (including phenoxy) is 1. The number of pyridine rings is 1. The third-order valence-corrected chi connectivity index (χ3v) is 6.29. The van der Waals surface area contributed by atoms with Crippen molar-refractivity contribution in [1.82, 2.24) is 9.88 Å². The molecule has 0 spiro atoms. The minimum Gasteiger partial charge on any atom is -0.495 e. The highest BCUT2D eigenvalue weighted by atomic mass is 35.5. The lowest BCUT2D eigenvalue weighted by Crippen LogP contribution is -2.49. The van der Waals surface area contributed by atoms with Crippen LogP contribution in [0.1, 0.15) is 15.9 Å². The fraction of sp³-hybridized carbons (Fsp3) is 0.269. The summed E-state index contributed by atoms with van der Waals surface area (Å²) >= 11 is 6.17. The van der Waals surface area contributed by atoms with Gasteiger partial charge in [-0.3, -0.25) is 14.5 Å². The van der Waals surface area contributed by atoms with Gasteiger partial charge in [-0.1, -0.05) is 29.8 Å². The van der Waals surface area contributed by atoms with Gasteiger partial charge in [-0.05, 0) is 42.8 Å². The summed E-state index contributed by atoms with van der Waals surface area (Å²) in [6.07, 6.45) is 1.78. The maximum absolute atomic E-state index is 13.1. The predicted octanol–water partition coefficient (Wildman–Crippen LogP) is 4.07. The molecule has 0 atom stereocenters. The van der Waals surface area contributed by atoms with E-state index in [0.29, 0.717) is 27.7 Å². The molecule has 2 N–H and O–H groups in total. The summed E-state index contributed by atoms with van der Waals surface area (Å²) in [5.74, 6) is 0.880. The van der Waals surface area contributed by atoms with Crippen molar-refractivity contribution in [1.29, 1.82) is 0 Å². The zero-order chi connectivity index (χ0) is 24.8. The molecule has 1 saturated heterocycles. The first-order valence-corrected chi connectivity index (χ1v) is 11.7. The number of amides is 2. The number of aryl methyl sites for hydroxylation is 1. The van der Waals surface area contributed by atoms with Gasteiger partial charge in [0.2, 0.25) is 5.91 Å². The smallest absolute Gasteiger partial charge is 0.257 e. The Bertz CT molecular complexity index is 1200. The second-order valence-electron chi connectivity index (χ2n) is 8.30. The summed E-state index contributed by atoms with van der Waals surface area (Å²) in [6, 6.07) is 16.2. The first kappa shape index (κ1) is 24.5. The summed E-state index contributed by atoms with van der Waals surface area (Å²) in [5, 5.41) is 6.31. The molecule has 1 fully saturated rings. The molecule has 9 heteroatoms. The number of halogens is 1. The van der Waals surface area contributed by atoms with Gasteiger partial charge in [0.15, 0.2) is 0 Å². The van der Waals surface area contributed by atoms with Gasteiger partial charge in [0, 0.05) is 43.5 Å². The summed E-state index contributed by atoms with van der Waals surface area (Å²) in [6.45, 7) is 5.19. The second-order valence-corrected chi connectivity index (χ2v) is 8.71. The van der Waals surface area contributed by atoms with Crippen LogP contribution in [0.4, 0.5) is 17.2 Å². The van der Waals surface area contributed by atoms with E-state index in [0.717, 1.165) is 37.6 Å². The number of rotatable bonds is 7. The Balaban J connectivity index is 1.37. The monoisotopic (exact) mass is 493 g/mol. The topological polar surface area (TPSA) is 86.8 Å². The van der Waals surface area contributed by atoms with E-state index in [1.165, 1.54) is 7.11 Å². The maximum Gasteiger partial charge on any atom is 0.257 e. The fourth-order valence-corrected chi connectivity index (χ4v) is 4.13. The van der Waals surface area contributed by atoms with E-state index in [4.69, 9.17) is 16.3 Å². The number of carbonyl (C=O) groups excluding carboxylic acids is 2. The largest absolute Gasteiger partial charge is 0.495 e. The lowest BCUT2D eigenvalue weighted by atomic mass is 10.1. The molecule has 8 nitrogen and oxygen atoms in total. The van der Waals surface area contributed by atoms with Crippen molar-refractivity contribution in [2.24, 2.45) is 0 Å². The first-order valence-electron chi connectivity index (χ1n) is 11.4. The minimum atomic E-state index is -0.357. The molecular formula is C26H28ClN5O3. The van der Waals surface area contributed by atoms with Gasteiger partial charge in [-0.25, -0.2) is 4.98 Å². The van der Waals surface area contributed by atoms with Crippen molar-refractivity contribution in [2.45, 2.75) is 6.92 Å². The summed E-state index contributed by atoms with van der Waals surface area (Å²) in [4.78, 5) is 34.6. The van der Waals surface area contributed by atoms with Crippen LogP contribution in [0.3, 0.4) is 0 Å². The average molecular weight is 494 g/mol. The molecule has 2 aromatic carbocycles. The van der Waals surface area contributed by atoms with Crippen molar-refractivity contribution >= 4 is 40.6 Å². The average Bonchev–Trinajstić information content (AvgIpc) is 2.87. The highest BCUT2D eigenvalue weighted by molar-refractivity contribution is 6.31. The first-order chi connectivity index (χ1) is 16.9. The highest BCUT2D eigenvalue weighted by Gasteiger charge is 2.21. The molecule has 35 heavy (non-hydrogen) atoms. The van der Waals surface area contributed by atoms with Crippen LogP contribution >= 0.6 is 11.6 Å². The van der Waals surface area contributed by atoms with E-state index in [1.807, 2.05) is 25.1 Å². The van der Waals surface area contributed by atoms with Crippen LogP contribution in [-0.2, 0) is 4.79 Å². The van der Waals surface area contributed by atoms with Gasteiger partial charge >= 0.3 is 0 Å². The lowest BCUT2D eigenvalue weighted by molar-refractivity contribution is -0.117. The summed E-state index contributed by atoms with van der Waals surface area (Å²) < 4.78 is 5.35. The van der Waals surface area contributed by atoms with Gasteiger partial charge in [-0.2, -0.15) is 0 Å². The van der Waals surface area contributed by atoms with E-state index < -0.39 is 0 Å². The number of para-hydroxylation sites is 1. The van der Waals surface area contributed by atoms with Crippen LogP contribution in [0.15, 0.2) is 60.8 Å². The Labute approximate surface area is 209 Å². The Morgan fingerprint density at radius 3 is 2.46 bits per heavy atom. The molecule has 2 heterocycles. The Morgan fingerprint density at radius 2 is 1.74 bits per heavy atom. The quantitative estimate of drug-likeness (QED) is 0.516. The van der Waals surface area contributed by atoms with E-state index in [9.17, 15) is 9.59 Å². The number of benzene rings is 2. The minimum absolute atomic E-state index is 0.170. The molecule has 2 amide bonds.